The molecule has 1 aliphatic heterocycles. The molecule has 1 N–H and O–H groups in total. The van der Waals surface area contributed by atoms with Crippen LogP contribution in [0.5, 0.6) is 0 Å². The number of para-hydroxylation sites is 2. The number of anilines is 2. The molecule has 136 valence electrons. The molecule has 0 saturated carbocycles. The molecule has 0 spiro atoms. The van der Waals surface area contributed by atoms with Crippen LogP contribution in [0.4, 0.5) is 11.4 Å². The van der Waals surface area contributed by atoms with E-state index in [0.29, 0.717) is 12.2 Å². The SMILES string of the molecule is C[C@H](C(=O)N1c2ccccc2NC(=O)C1(C)C)N(C)Cc1ccccc1. The second-order valence-electron chi connectivity index (χ2n) is 7.28. The monoisotopic (exact) mass is 351 g/mol. The minimum atomic E-state index is -0.951. The van der Waals surface area contributed by atoms with Gasteiger partial charge in [0, 0.05) is 6.54 Å². The fraction of sp³-hybridized carbons (Fsp3) is 0.333. The Morgan fingerprint density at radius 1 is 1.12 bits per heavy atom. The molecule has 0 aliphatic carbocycles. The first-order valence-corrected chi connectivity index (χ1v) is 8.81. The van der Waals surface area contributed by atoms with Gasteiger partial charge in [-0.3, -0.25) is 19.4 Å². The lowest BCUT2D eigenvalue weighted by molar-refractivity contribution is -0.129. The van der Waals surface area contributed by atoms with E-state index in [9.17, 15) is 9.59 Å². The van der Waals surface area contributed by atoms with Crippen molar-refractivity contribution in [2.24, 2.45) is 0 Å². The van der Waals surface area contributed by atoms with Gasteiger partial charge in [0.25, 0.3) is 0 Å². The smallest absolute Gasteiger partial charge is 0.250 e. The van der Waals surface area contributed by atoms with Gasteiger partial charge in [0.1, 0.15) is 5.54 Å². The summed E-state index contributed by atoms with van der Waals surface area (Å²) in [4.78, 5) is 29.6. The van der Waals surface area contributed by atoms with Crippen LogP contribution in [0.15, 0.2) is 54.6 Å². The molecule has 2 amide bonds. The first kappa shape index (κ1) is 18.1. The lowest BCUT2D eigenvalue weighted by atomic mass is 9.95. The standard InChI is InChI=1S/C21H25N3O2/c1-15(23(4)14-16-10-6-5-7-11-16)19(25)24-18-13-9-8-12-17(18)22-20(26)21(24,2)3/h5-13,15H,14H2,1-4H3,(H,22,26)/t15-/m1/s1. The number of hydrogen-bond acceptors (Lipinski definition) is 3. The third kappa shape index (κ3) is 3.22. The molecule has 0 unspecified atom stereocenters. The zero-order valence-electron chi connectivity index (χ0n) is 15.7. The van der Waals surface area contributed by atoms with Crippen LogP contribution in [0.3, 0.4) is 0 Å². The van der Waals surface area contributed by atoms with Gasteiger partial charge in [-0.05, 0) is 45.5 Å². The van der Waals surface area contributed by atoms with Crippen LogP contribution in [-0.2, 0) is 16.1 Å². The Morgan fingerprint density at radius 2 is 1.73 bits per heavy atom. The van der Waals surface area contributed by atoms with Crippen molar-refractivity contribution in [1.29, 1.82) is 0 Å². The van der Waals surface area contributed by atoms with E-state index in [0.717, 1.165) is 11.3 Å². The molecular formula is C21H25N3O2. The number of likely N-dealkylation sites (N-methyl/N-ethyl adjacent to an activating group) is 1. The number of benzene rings is 2. The molecule has 1 atom stereocenters. The van der Waals surface area contributed by atoms with E-state index in [2.05, 4.69) is 5.32 Å². The van der Waals surface area contributed by atoms with Crippen LogP contribution < -0.4 is 10.2 Å². The Kier molecular flexibility index (Phi) is 4.83. The maximum absolute atomic E-state index is 13.4. The number of carbonyl (C=O) groups is 2. The van der Waals surface area contributed by atoms with Crippen molar-refractivity contribution in [3.05, 3.63) is 60.2 Å². The van der Waals surface area contributed by atoms with Crippen molar-refractivity contribution in [2.45, 2.75) is 38.9 Å². The Labute approximate surface area is 154 Å². The van der Waals surface area contributed by atoms with Gasteiger partial charge in [-0.25, -0.2) is 0 Å². The normalized spacial score (nSPS) is 16.8. The second kappa shape index (κ2) is 6.92. The van der Waals surface area contributed by atoms with Gasteiger partial charge in [-0.2, -0.15) is 0 Å². The van der Waals surface area contributed by atoms with Crippen LogP contribution in [0.25, 0.3) is 0 Å². The zero-order chi connectivity index (χ0) is 18.9. The predicted octanol–water partition coefficient (Wildman–Crippen LogP) is 3.27. The largest absolute Gasteiger partial charge is 0.322 e. The van der Waals surface area contributed by atoms with E-state index in [1.165, 1.54) is 0 Å². The van der Waals surface area contributed by atoms with E-state index in [4.69, 9.17) is 0 Å². The lowest BCUT2D eigenvalue weighted by Crippen LogP contribution is -2.61. The van der Waals surface area contributed by atoms with Gasteiger partial charge in [-0.1, -0.05) is 42.5 Å². The summed E-state index contributed by atoms with van der Waals surface area (Å²) < 4.78 is 0. The van der Waals surface area contributed by atoms with Crippen LogP contribution in [0, 0.1) is 0 Å². The quantitative estimate of drug-likeness (QED) is 0.920. The number of carbonyl (C=O) groups excluding carboxylic acids is 2. The van der Waals surface area contributed by atoms with E-state index >= 15 is 0 Å². The first-order chi connectivity index (χ1) is 12.3. The molecule has 2 aromatic carbocycles. The molecule has 26 heavy (non-hydrogen) atoms. The first-order valence-electron chi connectivity index (χ1n) is 8.81. The van der Waals surface area contributed by atoms with E-state index < -0.39 is 5.54 Å². The van der Waals surface area contributed by atoms with Crippen LogP contribution in [0.2, 0.25) is 0 Å². The van der Waals surface area contributed by atoms with Gasteiger partial charge in [0.2, 0.25) is 11.8 Å². The summed E-state index contributed by atoms with van der Waals surface area (Å²) in [5, 5.41) is 2.90. The Hall–Kier alpha value is -2.66. The van der Waals surface area contributed by atoms with Crippen molar-refractivity contribution in [1.82, 2.24) is 4.90 Å². The number of amides is 2. The van der Waals surface area contributed by atoms with Crippen molar-refractivity contribution >= 4 is 23.2 Å². The zero-order valence-corrected chi connectivity index (χ0v) is 15.7. The molecule has 5 nitrogen and oxygen atoms in total. The summed E-state index contributed by atoms with van der Waals surface area (Å²) in [5.41, 5.74) is 1.60. The van der Waals surface area contributed by atoms with Gasteiger partial charge in [0.15, 0.2) is 0 Å². The van der Waals surface area contributed by atoms with Crippen LogP contribution >= 0.6 is 0 Å². The number of fused-ring (bicyclic) bond motifs is 1. The van der Waals surface area contributed by atoms with E-state index in [1.807, 2.05) is 73.5 Å². The number of rotatable bonds is 4. The molecule has 1 aliphatic rings. The highest BCUT2D eigenvalue weighted by molar-refractivity contribution is 6.15. The summed E-state index contributed by atoms with van der Waals surface area (Å²) >= 11 is 0. The summed E-state index contributed by atoms with van der Waals surface area (Å²) in [7, 11) is 1.93. The van der Waals surface area contributed by atoms with E-state index in [-0.39, 0.29) is 17.9 Å². The summed E-state index contributed by atoms with van der Waals surface area (Å²) in [6.45, 7) is 6.10. The average Bonchev–Trinajstić information content (AvgIpc) is 2.62. The summed E-state index contributed by atoms with van der Waals surface area (Å²) in [6.07, 6.45) is 0. The molecular weight excluding hydrogens is 326 g/mol. The van der Waals surface area contributed by atoms with Gasteiger partial charge >= 0.3 is 0 Å². The molecule has 0 saturated heterocycles. The van der Waals surface area contributed by atoms with E-state index in [1.54, 1.807) is 18.7 Å². The Bertz CT molecular complexity index is 817. The van der Waals surface area contributed by atoms with Crippen LogP contribution in [-0.4, -0.2) is 35.3 Å². The Balaban J connectivity index is 1.88. The number of nitrogens with zero attached hydrogens (tertiary/aromatic N) is 2. The second-order valence-corrected chi connectivity index (χ2v) is 7.28. The van der Waals surface area contributed by atoms with Crippen molar-refractivity contribution < 1.29 is 9.59 Å². The predicted molar refractivity (Wildman–Crippen MR) is 104 cm³/mol. The topological polar surface area (TPSA) is 52.7 Å². The molecule has 1 heterocycles. The highest BCUT2D eigenvalue weighted by Gasteiger charge is 2.45. The maximum atomic E-state index is 13.4. The maximum Gasteiger partial charge on any atom is 0.250 e. The molecule has 0 aromatic heterocycles. The minimum Gasteiger partial charge on any atom is -0.322 e. The van der Waals surface area contributed by atoms with Gasteiger partial charge in [-0.15, -0.1) is 0 Å². The van der Waals surface area contributed by atoms with Crippen molar-refractivity contribution in [2.75, 3.05) is 17.3 Å². The minimum absolute atomic E-state index is 0.0873. The molecule has 0 bridgehead atoms. The van der Waals surface area contributed by atoms with Gasteiger partial charge in [0.05, 0.1) is 17.4 Å². The molecule has 0 fully saturated rings. The summed E-state index contributed by atoms with van der Waals surface area (Å²) in [6, 6.07) is 17.1. The average molecular weight is 351 g/mol. The molecule has 2 aromatic rings. The Morgan fingerprint density at radius 3 is 2.42 bits per heavy atom. The third-order valence-electron chi connectivity index (χ3n) is 5.02. The lowest BCUT2D eigenvalue weighted by Gasteiger charge is -2.44. The summed E-state index contributed by atoms with van der Waals surface area (Å²) in [5.74, 6) is -0.266. The highest BCUT2D eigenvalue weighted by Crippen LogP contribution is 2.37. The number of hydrogen-bond donors (Lipinski definition) is 1. The molecule has 5 heteroatoms. The third-order valence-corrected chi connectivity index (χ3v) is 5.02. The fourth-order valence-corrected chi connectivity index (χ4v) is 3.23. The van der Waals surface area contributed by atoms with Gasteiger partial charge < -0.3 is 5.32 Å². The van der Waals surface area contributed by atoms with Crippen molar-refractivity contribution in [3.63, 3.8) is 0 Å². The van der Waals surface area contributed by atoms with Crippen LogP contribution in [0.1, 0.15) is 26.3 Å². The molecule has 3 rings (SSSR count). The van der Waals surface area contributed by atoms with Crippen molar-refractivity contribution in [3.8, 4) is 0 Å². The highest BCUT2D eigenvalue weighted by atomic mass is 16.2. The number of nitrogens with one attached hydrogen (secondary N) is 1. The fourth-order valence-electron chi connectivity index (χ4n) is 3.23. The molecule has 0 radical (unpaired) electrons.